The molecule has 0 unspecified atom stereocenters. The highest BCUT2D eigenvalue weighted by atomic mass is 32.2. The molecule has 9 heteroatoms. The molecule has 3 aromatic carbocycles. The van der Waals surface area contributed by atoms with E-state index in [0.29, 0.717) is 30.4 Å². The van der Waals surface area contributed by atoms with Crippen LogP contribution in [0.4, 0.5) is 17.1 Å². The van der Waals surface area contributed by atoms with Crippen LogP contribution in [0.5, 0.6) is 11.5 Å². The second-order valence-electron chi connectivity index (χ2n) is 8.61. The second-order valence-corrected chi connectivity index (χ2v) is 10.3. The number of fused-ring (bicyclic) bond motifs is 1. The van der Waals surface area contributed by atoms with Crippen LogP contribution in [-0.4, -0.2) is 40.6 Å². The molecule has 0 aromatic heterocycles. The number of hydrogen-bond donors (Lipinski definition) is 2. The van der Waals surface area contributed by atoms with Gasteiger partial charge in [-0.1, -0.05) is 12.1 Å². The molecule has 3 aromatic rings. The van der Waals surface area contributed by atoms with Crippen LogP contribution in [0, 0.1) is 6.92 Å². The summed E-state index contributed by atoms with van der Waals surface area (Å²) in [6.45, 7) is 4.89. The van der Waals surface area contributed by atoms with Gasteiger partial charge in [-0.15, -0.1) is 0 Å². The predicted molar refractivity (Wildman–Crippen MR) is 135 cm³/mol. The quantitative estimate of drug-likeness (QED) is 0.528. The SMILES string of the molecule is Cc1cc(NC(=O)c2ccccc2NS(=O)(=O)c2ccc3c(c2)OCCO3)ccc1N1CCCC1. The number of benzene rings is 3. The number of nitrogens with one attached hydrogen (secondary N) is 2. The molecule has 8 nitrogen and oxygen atoms in total. The van der Waals surface area contributed by atoms with Gasteiger partial charge >= 0.3 is 0 Å². The average molecular weight is 494 g/mol. The van der Waals surface area contributed by atoms with E-state index in [9.17, 15) is 13.2 Å². The van der Waals surface area contributed by atoms with Gasteiger partial charge in [-0.25, -0.2) is 8.42 Å². The van der Waals surface area contributed by atoms with E-state index in [2.05, 4.69) is 14.9 Å². The Morgan fingerprint density at radius 3 is 2.43 bits per heavy atom. The van der Waals surface area contributed by atoms with Gasteiger partial charge in [-0.05, 0) is 67.8 Å². The van der Waals surface area contributed by atoms with Gasteiger partial charge in [0.1, 0.15) is 13.2 Å². The normalized spacial score (nSPS) is 15.1. The Balaban J connectivity index is 1.35. The molecule has 0 aliphatic carbocycles. The fraction of sp³-hybridized carbons (Fsp3) is 0.269. The van der Waals surface area contributed by atoms with Crippen LogP contribution < -0.4 is 24.4 Å². The van der Waals surface area contributed by atoms with Gasteiger partial charge in [0, 0.05) is 30.5 Å². The van der Waals surface area contributed by atoms with Crippen molar-refractivity contribution in [2.24, 2.45) is 0 Å². The molecule has 2 N–H and O–H groups in total. The minimum atomic E-state index is -3.97. The van der Waals surface area contributed by atoms with Crippen LogP contribution >= 0.6 is 0 Å². The Morgan fingerprint density at radius 2 is 1.66 bits per heavy atom. The van der Waals surface area contributed by atoms with E-state index in [1.165, 1.54) is 30.7 Å². The van der Waals surface area contributed by atoms with Crippen molar-refractivity contribution < 1.29 is 22.7 Å². The van der Waals surface area contributed by atoms with E-state index in [4.69, 9.17) is 9.47 Å². The fourth-order valence-corrected chi connectivity index (χ4v) is 5.50. The summed E-state index contributed by atoms with van der Waals surface area (Å²) in [5, 5.41) is 2.89. The Kier molecular flexibility index (Phi) is 6.25. The number of sulfonamides is 1. The third-order valence-corrected chi connectivity index (χ3v) is 7.50. The summed E-state index contributed by atoms with van der Waals surface area (Å²) in [6, 6.07) is 16.8. The molecule has 0 saturated carbocycles. The number of carbonyl (C=O) groups excluding carboxylic acids is 1. The number of nitrogens with zero attached hydrogens (tertiary/aromatic N) is 1. The molecular weight excluding hydrogens is 466 g/mol. The number of anilines is 3. The van der Waals surface area contributed by atoms with Gasteiger partial charge < -0.3 is 19.7 Å². The molecular formula is C26H27N3O5S. The smallest absolute Gasteiger partial charge is 0.262 e. The molecule has 1 fully saturated rings. The molecule has 0 spiro atoms. The maximum absolute atomic E-state index is 13.1. The number of hydrogen-bond acceptors (Lipinski definition) is 6. The Bertz CT molecular complexity index is 1370. The highest BCUT2D eigenvalue weighted by molar-refractivity contribution is 7.92. The minimum absolute atomic E-state index is 0.0186. The average Bonchev–Trinajstić information content (AvgIpc) is 3.38. The van der Waals surface area contributed by atoms with Crippen molar-refractivity contribution >= 4 is 33.0 Å². The van der Waals surface area contributed by atoms with E-state index in [-0.39, 0.29) is 16.1 Å². The van der Waals surface area contributed by atoms with Crippen molar-refractivity contribution in [2.45, 2.75) is 24.7 Å². The summed E-state index contributed by atoms with van der Waals surface area (Å²) in [5.74, 6) is 0.470. The number of carbonyl (C=O) groups is 1. The van der Waals surface area contributed by atoms with Gasteiger partial charge in [-0.3, -0.25) is 9.52 Å². The Labute approximate surface area is 204 Å². The summed E-state index contributed by atoms with van der Waals surface area (Å²) in [5.41, 5.74) is 3.31. The van der Waals surface area contributed by atoms with E-state index in [1.807, 2.05) is 25.1 Å². The van der Waals surface area contributed by atoms with Crippen LogP contribution in [-0.2, 0) is 10.0 Å². The molecule has 182 valence electrons. The molecule has 35 heavy (non-hydrogen) atoms. The number of ether oxygens (including phenoxy) is 2. The zero-order valence-corrected chi connectivity index (χ0v) is 20.2. The molecule has 0 atom stereocenters. The van der Waals surface area contributed by atoms with Crippen LogP contribution in [0.25, 0.3) is 0 Å². The third kappa shape index (κ3) is 4.90. The Morgan fingerprint density at radius 1 is 0.914 bits per heavy atom. The third-order valence-electron chi connectivity index (χ3n) is 6.14. The monoisotopic (exact) mass is 493 g/mol. The van der Waals surface area contributed by atoms with Gasteiger partial charge in [0.2, 0.25) is 0 Å². The van der Waals surface area contributed by atoms with E-state index >= 15 is 0 Å². The zero-order valence-electron chi connectivity index (χ0n) is 19.4. The molecule has 1 saturated heterocycles. The van der Waals surface area contributed by atoms with Crippen LogP contribution in [0.1, 0.15) is 28.8 Å². The first-order valence-electron chi connectivity index (χ1n) is 11.6. The van der Waals surface area contributed by atoms with Crippen molar-refractivity contribution in [1.82, 2.24) is 0 Å². The standard InChI is InChI=1S/C26H27N3O5S/c1-18-16-19(8-10-23(18)29-12-4-5-13-29)27-26(30)21-6-2-3-7-22(21)28-35(31,32)20-9-11-24-25(17-20)34-15-14-33-24/h2-3,6-11,16-17,28H,4-5,12-15H2,1H3,(H,27,30). The number of rotatable bonds is 6. The lowest BCUT2D eigenvalue weighted by Crippen LogP contribution is -2.20. The summed E-state index contributed by atoms with van der Waals surface area (Å²) in [7, 11) is -3.97. The van der Waals surface area contributed by atoms with Crippen LogP contribution in [0.2, 0.25) is 0 Å². The topological polar surface area (TPSA) is 97.0 Å². The van der Waals surface area contributed by atoms with Crippen molar-refractivity contribution in [3.05, 3.63) is 71.8 Å². The molecule has 2 aliphatic heterocycles. The maximum atomic E-state index is 13.1. The second kappa shape index (κ2) is 9.50. The van der Waals surface area contributed by atoms with E-state index in [1.54, 1.807) is 30.3 Å². The lowest BCUT2D eigenvalue weighted by atomic mass is 10.1. The van der Waals surface area contributed by atoms with Gasteiger partial charge in [0.25, 0.3) is 15.9 Å². The molecule has 0 bridgehead atoms. The highest BCUT2D eigenvalue weighted by Crippen LogP contribution is 2.33. The number of amides is 1. The van der Waals surface area contributed by atoms with Crippen LogP contribution in [0.3, 0.4) is 0 Å². The lowest BCUT2D eigenvalue weighted by Gasteiger charge is -2.21. The van der Waals surface area contributed by atoms with E-state index in [0.717, 1.165) is 18.7 Å². The highest BCUT2D eigenvalue weighted by Gasteiger charge is 2.22. The lowest BCUT2D eigenvalue weighted by molar-refractivity contribution is 0.102. The summed E-state index contributed by atoms with van der Waals surface area (Å²) in [6.07, 6.45) is 2.38. The minimum Gasteiger partial charge on any atom is -0.486 e. The first kappa shape index (κ1) is 23.0. The first-order valence-corrected chi connectivity index (χ1v) is 13.1. The predicted octanol–water partition coefficient (Wildman–Crippen LogP) is 4.42. The van der Waals surface area contributed by atoms with E-state index < -0.39 is 15.9 Å². The van der Waals surface area contributed by atoms with Crippen molar-refractivity contribution in [3.8, 4) is 11.5 Å². The van der Waals surface area contributed by atoms with Crippen molar-refractivity contribution in [3.63, 3.8) is 0 Å². The molecule has 5 rings (SSSR count). The molecule has 2 aliphatic rings. The largest absolute Gasteiger partial charge is 0.486 e. The van der Waals surface area contributed by atoms with Gasteiger partial charge in [0.15, 0.2) is 11.5 Å². The van der Waals surface area contributed by atoms with Crippen molar-refractivity contribution in [1.29, 1.82) is 0 Å². The van der Waals surface area contributed by atoms with Crippen LogP contribution in [0.15, 0.2) is 65.6 Å². The van der Waals surface area contributed by atoms with Gasteiger partial charge in [0.05, 0.1) is 16.1 Å². The zero-order chi connectivity index (χ0) is 24.4. The maximum Gasteiger partial charge on any atom is 0.262 e. The summed E-state index contributed by atoms with van der Waals surface area (Å²) < 4.78 is 39.7. The summed E-state index contributed by atoms with van der Waals surface area (Å²) in [4.78, 5) is 15.5. The fourth-order valence-electron chi connectivity index (χ4n) is 4.41. The van der Waals surface area contributed by atoms with Gasteiger partial charge in [-0.2, -0.15) is 0 Å². The number of aryl methyl sites for hydroxylation is 1. The molecule has 0 radical (unpaired) electrons. The van der Waals surface area contributed by atoms with Crippen molar-refractivity contribution in [2.75, 3.05) is 41.2 Å². The first-order chi connectivity index (χ1) is 16.9. The molecule has 2 heterocycles. The number of para-hydroxylation sites is 1. The summed E-state index contributed by atoms with van der Waals surface area (Å²) >= 11 is 0. The Hall–Kier alpha value is -3.72. The molecule has 1 amide bonds.